The van der Waals surface area contributed by atoms with E-state index in [0.29, 0.717) is 13.0 Å². The number of hydrogen-bond acceptors (Lipinski definition) is 3. The molecule has 2 heterocycles. The van der Waals surface area contributed by atoms with E-state index >= 15 is 0 Å². The Labute approximate surface area is 109 Å². The van der Waals surface area contributed by atoms with Crippen molar-refractivity contribution in [1.29, 1.82) is 0 Å². The first-order valence-corrected chi connectivity index (χ1v) is 6.56. The van der Waals surface area contributed by atoms with Crippen LogP contribution in [0.5, 0.6) is 0 Å². The smallest absolute Gasteiger partial charge is 0.223 e. The monoisotopic (exact) mass is 250 g/mol. The SMILES string of the molecule is C#CC1CC(=O)N(CC2(N(C)C)CCOCC2)C1. The average Bonchev–Trinajstić information content (AvgIpc) is 2.71. The van der Waals surface area contributed by atoms with Crippen molar-refractivity contribution >= 4 is 5.91 Å². The van der Waals surface area contributed by atoms with Crippen molar-refractivity contribution in [1.82, 2.24) is 9.80 Å². The summed E-state index contributed by atoms with van der Waals surface area (Å²) in [7, 11) is 4.18. The molecule has 1 amide bonds. The van der Waals surface area contributed by atoms with Crippen molar-refractivity contribution in [3.05, 3.63) is 0 Å². The van der Waals surface area contributed by atoms with E-state index < -0.39 is 0 Å². The van der Waals surface area contributed by atoms with Crippen LogP contribution in [0.2, 0.25) is 0 Å². The molecule has 18 heavy (non-hydrogen) atoms. The van der Waals surface area contributed by atoms with E-state index in [2.05, 4.69) is 24.9 Å². The van der Waals surface area contributed by atoms with Crippen molar-refractivity contribution in [2.75, 3.05) is 40.4 Å². The number of carbonyl (C=O) groups is 1. The summed E-state index contributed by atoms with van der Waals surface area (Å²) in [6.07, 6.45) is 7.89. The molecule has 0 aromatic carbocycles. The highest BCUT2D eigenvalue weighted by molar-refractivity contribution is 5.79. The zero-order valence-corrected chi connectivity index (χ0v) is 11.3. The zero-order chi connectivity index (χ0) is 13.2. The third-order valence-electron chi connectivity index (χ3n) is 4.31. The van der Waals surface area contributed by atoms with Crippen LogP contribution in [0.3, 0.4) is 0 Å². The first-order chi connectivity index (χ1) is 8.57. The maximum absolute atomic E-state index is 12.0. The predicted octanol–water partition coefficient (Wildman–Crippen LogP) is 0.579. The Balaban J connectivity index is 2.06. The van der Waals surface area contributed by atoms with E-state index in [-0.39, 0.29) is 17.4 Å². The molecule has 1 atom stereocenters. The van der Waals surface area contributed by atoms with Crippen LogP contribution in [0.15, 0.2) is 0 Å². The van der Waals surface area contributed by atoms with Crippen LogP contribution < -0.4 is 0 Å². The van der Waals surface area contributed by atoms with Crippen LogP contribution in [0.25, 0.3) is 0 Å². The molecule has 100 valence electrons. The van der Waals surface area contributed by atoms with Crippen LogP contribution in [-0.4, -0.2) is 61.6 Å². The average molecular weight is 250 g/mol. The van der Waals surface area contributed by atoms with Gasteiger partial charge in [0, 0.05) is 44.2 Å². The van der Waals surface area contributed by atoms with Crippen LogP contribution >= 0.6 is 0 Å². The summed E-state index contributed by atoms with van der Waals surface area (Å²) < 4.78 is 5.45. The van der Waals surface area contributed by atoms with E-state index in [1.54, 1.807) is 0 Å². The molecule has 4 heteroatoms. The second kappa shape index (κ2) is 5.29. The molecule has 0 aliphatic carbocycles. The molecule has 0 bridgehead atoms. The quantitative estimate of drug-likeness (QED) is 0.687. The minimum atomic E-state index is 0.0530. The molecule has 0 aromatic heterocycles. The molecule has 2 aliphatic rings. The number of terminal acetylenes is 1. The molecule has 0 radical (unpaired) electrons. The minimum Gasteiger partial charge on any atom is -0.381 e. The van der Waals surface area contributed by atoms with Gasteiger partial charge in [-0.15, -0.1) is 12.3 Å². The molecule has 2 saturated heterocycles. The van der Waals surface area contributed by atoms with Gasteiger partial charge >= 0.3 is 0 Å². The molecule has 0 saturated carbocycles. The Hall–Kier alpha value is -1.05. The molecule has 0 spiro atoms. The summed E-state index contributed by atoms with van der Waals surface area (Å²) in [5.41, 5.74) is 0.0530. The van der Waals surface area contributed by atoms with Gasteiger partial charge in [0.2, 0.25) is 5.91 Å². The number of likely N-dealkylation sites (tertiary alicyclic amines) is 1. The van der Waals surface area contributed by atoms with Crippen LogP contribution in [0.4, 0.5) is 0 Å². The fraction of sp³-hybridized carbons (Fsp3) is 0.786. The summed E-state index contributed by atoms with van der Waals surface area (Å²) in [6.45, 7) is 3.05. The highest BCUT2D eigenvalue weighted by atomic mass is 16.5. The number of ether oxygens (including phenoxy) is 1. The Morgan fingerprint density at radius 3 is 2.67 bits per heavy atom. The Morgan fingerprint density at radius 2 is 2.17 bits per heavy atom. The first kappa shape index (κ1) is 13.4. The van der Waals surface area contributed by atoms with Crippen LogP contribution in [0, 0.1) is 18.3 Å². The number of nitrogens with zero attached hydrogens (tertiary/aromatic N) is 2. The van der Waals surface area contributed by atoms with Gasteiger partial charge in [0.15, 0.2) is 0 Å². The molecule has 2 aliphatic heterocycles. The highest BCUT2D eigenvalue weighted by Gasteiger charge is 2.40. The van der Waals surface area contributed by atoms with Gasteiger partial charge in [-0.25, -0.2) is 0 Å². The predicted molar refractivity (Wildman–Crippen MR) is 70.0 cm³/mol. The topological polar surface area (TPSA) is 32.8 Å². The Morgan fingerprint density at radius 1 is 1.50 bits per heavy atom. The second-order valence-corrected chi connectivity index (χ2v) is 5.57. The lowest BCUT2D eigenvalue weighted by Gasteiger charge is -2.45. The molecular weight excluding hydrogens is 228 g/mol. The lowest BCUT2D eigenvalue weighted by atomic mass is 9.88. The second-order valence-electron chi connectivity index (χ2n) is 5.57. The largest absolute Gasteiger partial charge is 0.381 e. The first-order valence-electron chi connectivity index (χ1n) is 6.56. The molecule has 2 fully saturated rings. The van der Waals surface area contributed by atoms with E-state index in [1.807, 2.05) is 4.90 Å². The fourth-order valence-electron chi connectivity index (χ4n) is 2.89. The van der Waals surface area contributed by atoms with Gasteiger partial charge in [-0.05, 0) is 26.9 Å². The fourth-order valence-corrected chi connectivity index (χ4v) is 2.89. The van der Waals surface area contributed by atoms with Gasteiger partial charge in [-0.2, -0.15) is 0 Å². The van der Waals surface area contributed by atoms with Gasteiger partial charge in [-0.3, -0.25) is 4.79 Å². The van der Waals surface area contributed by atoms with Crippen molar-refractivity contribution in [2.24, 2.45) is 5.92 Å². The Bertz CT molecular complexity index is 353. The molecule has 1 unspecified atom stereocenters. The summed E-state index contributed by atoms with van der Waals surface area (Å²) in [6, 6.07) is 0. The molecule has 2 rings (SSSR count). The normalized spacial score (nSPS) is 27.6. The van der Waals surface area contributed by atoms with Crippen LogP contribution in [0.1, 0.15) is 19.3 Å². The van der Waals surface area contributed by atoms with Gasteiger partial charge < -0.3 is 14.5 Å². The Kier molecular flexibility index (Phi) is 3.94. The summed E-state index contributed by atoms with van der Waals surface area (Å²) in [4.78, 5) is 16.1. The van der Waals surface area contributed by atoms with Crippen molar-refractivity contribution in [3.63, 3.8) is 0 Å². The van der Waals surface area contributed by atoms with Crippen molar-refractivity contribution < 1.29 is 9.53 Å². The van der Waals surface area contributed by atoms with Gasteiger partial charge in [-0.1, -0.05) is 0 Å². The number of carbonyl (C=O) groups excluding carboxylic acids is 1. The van der Waals surface area contributed by atoms with Crippen molar-refractivity contribution in [3.8, 4) is 12.3 Å². The number of rotatable bonds is 3. The van der Waals surface area contributed by atoms with E-state index in [1.165, 1.54) is 0 Å². The molecule has 0 aromatic rings. The van der Waals surface area contributed by atoms with Gasteiger partial charge in [0.05, 0.1) is 0 Å². The summed E-state index contributed by atoms with van der Waals surface area (Å²) in [5.74, 6) is 3.00. The van der Waals surface area contributed by atoms with Crippen LogP contribution in [-0.2, 0) is 9.53 Å². The lowest BCUT2D eigenvalue weighted by Crippen LogP contribution is -2.56. The maximum Gasteiger partial charge on any atom is 0.223 e. The third-order valence-corrected chi connectivity index (χ3v) is 4.31. The number of likely N-dealkylation sites (N-methyl/N-ethyl adjacent to an activating group) is 1. The van der Waals surface area contributed by atoms with Crippen molar-refractivity contribution in [2.45, 2.75) is 24.8 Å². The standard InChI is InChI=1S/C14H22N2O2/c1-4-12-9-13(17)16(10-12)11-14(15(2)3)5-7-18-8-6-14/h1,12H,5-11H2,2-3H3. The lowest BCUT2D eigenvalue weighted by molar-refractivity contribution is -0.130. The zero-order valence-electron chi connectivity index (χ0n) is 11.3. The highest BCUT2D eigenvalue weighted by Crippen LogP contribution is 2.29. The van der Waals surface area contributed by atoms with Gasteiger partial charge in [0.1, 0.15) is 0 Å². The summed E-state index contributed by atoms with van der Waals surface area (Å²) in [5, 5.41) is 0. The number of amides is 1. The van der Waals surface area contributed by atoms with Gasteiger partial charge in [0.25, 0.3) is 0 Å². The third kappa shape index (κ3) is 2.52. The van der Waals surface area contributed by atoms with E-state index in [0.717, 1.165) is 32.6 Å². The minimum absolute atomic E-state index is 0.0530. The molecule has 4 nitrogen and oxygen atoms in total. The van der Waals surface area contributed by atoms with E-state index in [4.69, 9.17) is 11.2 Å². The molecular formula is C14H22N2O2. The maximum atomic E-state index is 12.0. The summed E-state index contributed by atoms with van der Waals surface area (Å²) >= 11 is 0. The number of hydrogen-bond donors (Lipinski definition) is 0. The van der Waals surface area contributed by atoms with E-state index in [9.17, 15) is 4.79 Å². The molecule has 0 N–H and O–H groups in total.